The first-order valence-electron chi connectivity index (χ1n) is 10.6. The van der Waals surface area contributed by atoms with E-state index in [1.165, 1.54) is 5.69 Å². The summed E-state index contributed by atoms with van der Waals surface area (Å²) in [4.78, 5) is 28.7. The van der Waals surface area contributed by atoms with Crippen LogP contribution in [-0.4, -0.2) is 43.2 Å². The van der Waals surface area contributed by atoms with Crippen LogP contribution >= 0.6 is 11.6 Å². The first kappa shape index (κ1) is 21.2. The monoisotopic (exact) mass is 439 g/mol. The van der Waals surface area contributed by atoms with Gasteiger partial charge in [0.05, 0.1) is 11.8 Å². The first-order chi connectivity index (χ1) is 15.0. The molecule has 7 heteroatoms. The molecule has 1 heterocycles. The Bertz CT molecular complexity index is 951. The van der Waals surface area contributed by atoms with Crippen LogP contribution in [0.5, 0.6) is 0 Å². The van der Waals surface area contributed by atoms with Gasteiger partial charge in [-0.15, -0.1) is 0 Å². The van der Waals surface area contributed by atoms with E-state index in [2.05, 4.69) is 15.1 Å². The number of hydrogen-bond acceptors (Lipinski definition) is 4. The smallest absolute Gasteiger partial charge is 0.307 e. The second-order valence-corrected chi connectivity index (χ2v) is 8.42. The Hall–Kier alpha value is -2.99. The number of piperazine rings is 1. The molecule has 6 nitrogen and oxygen atoms in total. The van der Waals surface area contributed by atoms with Crippen molar-refractivity contribution >= 4 is 40.5 Å². The average molecular weight is 440 g/mol. The Balaban J connectivity index is 1.33. The minimum absolute atomic E-state index is 0.235. The predicted octanol–water partition coefficient (Wildman–Crippen LogP) is 4.27. The summed E-state index contributed by atoms with van der Waals surface area (Å²) in [6.07, 6.45) is 4.58. The summed E-state index contributed by atoms with van der Waals surface area (Å²) < 4.78 is 0. The SMILES string of the molecule is O=C(O)[C@@H]1CC=CC[C@H]1C(=O)Nc1ccc(N2CCN(c3ccc(Cl)cc3)CC2)cc1. The van der Waals surface area contributed by atoms with Gasteiger partial charge in [0, 0.05) is 48.3 Å². The molecule has 1 saturated heterocycles. The number of carbonyl (C=O) groups excluding carboxylic acids is 1. The van der Waals surface area contributed by atoms with E-state index in [1.54, 1.807) is 0 Å². The third kappa shape index (κ3) is 5.02. The normalized spacial score (nSPS) is 21.1. The predicted molar refractivity (Wildman–Crippen MR) is 124 cm³/mol. The highest BCUT2D eigenvalue weighted by Gasteiger charge is 2.34. The number of amides is 1. The van der Waals surface area contributed by atoms with E-state index in [-0.39, 0.29) is 5.91 Å². The van der Waals surface area contributed by atoms with Crippen LogP contribution in [0.25, 0.3) is 0 Å². The van der Waals surface area contributed by atoms with Gasteiger partial charge in [0.25, 0.3) is 0 Å². The maximum atomic E-state index is 12.6. The van der Waals surface area contributed by atoms with Crippen LogP contribution in [0.1, 0.15) is 12.8 Å². The van der Waals surface area contributed by atoms with Gasteiger partial charge in [0.2, 0.25) is 5.91 Å². The Morgan fingerprint density at radius 3 is 1.81 bits per heavy atom. The van der Waals surface area contributed by atoms with E-state index < -0.39 is 17.8 Å². The van der Waals surface area contributed by atoms with E-state index in [0.29, 0.717) is 18.5 Å². The van der Waals surface area contributed by atoms with Crippen molar-refractivity contribution in [1.82, 2.24) is 0 Å². The minimum Gasteiger partial charge on any atom is -0.481 e. The fraction of sp³-hybridized carbons (Fsp3) is 0.333. The van der Waals surface area contributed by atoms with Crippen LogP contribution in [0.2, 0.25) is 5.02 Å². The van der Waals surface area contributed by atoms with Gasteiger partial charge in [-0.1, -0.05) is 23.8 Å². The molecule has 0 unspecified atom stereocenters. The van der Waals surface area contributed by atoms with Crippen molar-refractivity contribution in [1.29, 1.82) is 0 Å². The lowest BCUT2D eigenvalue weighted by molar-refractivity contribution is -0.146. The highest BCUT2D eigenvalue weighted by molar-refractivity contribution is 6.30. The van der Waals surface area contributed by atoms with Gasteiger partial charge in [0.1, 0.15) is 0 Å². The summed E-state index contributed by atoms with van der Waals surface area (Å²) in [5.41, 5.74) is 2.98. The maximum absolute atomic E-state index is 12.6. The standard InChI is InChI=1S/C24H26ClN3O3/c25-17-5-9-19(10-6-17)27-13-15-28(16-14-27)20-11-7-18(8-12-20)26-23(29)21-3-1-2-4-22(21)24(30)31/h1-2,5-12,21-22H,3-4,13-16H2,(H,26,29)(H,30,31)/t21-,22-/m1/s1. The fourth-order valence-corrected chi connectivity index (χ4v) is 4.37. The van der Waals surface area contributed by atoms with E-state index in [9.17, 15) is 14.7 Å². The third-order valence-electron chi connectivity index (χ3n) is 6.06. The molecule has 1 aliphatic carbocycles. The molecule has 0 aromatic heterocycles. The van der Waals surface area contributed by atoms with Gasteiger partial charge in [-0.2, -0.15) is 0 Å². The maximum Gasteiger partial charge on any atom is 0.307 e. The van der Waals surface area contributed by atoms with Crippen LogP contribution in [0.4, 0.5) is 17.1 Å². The van der Waals surface area contributed by atoms with E-state index in [1.807, 2.05) is 60.7 Å². The number of hydrogen-bond donors (Lipinski definition) is 2. The number of allylic oxidation sites excluding steroid dienone is 2. The molecule has 0 bridgehead atoms. The van der Waals surface area contributed by atoms with Gasteiger partial charge < -0.3 is 20.2 Å². The van der Waals surface area contributed by atoms with Crippen LogP contribution in [-0.2, 0) is 9.59 Å². The quantitative estimate of drug-likeness (QED) is 0.680. The van der Waals surface area contributed by atoms with Crippen LogP contribution in [0, 0.1) is 11.8 Å². The van der Waals surface area contributed by atoms with Crippen molar-refractivity contribution in [3.05, 3.63) is 65.7 Å². The number of carbonyl (C=O) groups is 2. The largest absolute Gasteiger partial charge is 0.481 e. The zero-order chi connectivity index (χ0) is 21.8. The second kappa shape index (κ2) is 9.43. The lowest BCUT2D eigenvalue weighted by Gasteiger charge is -2.37. The number of carboxylic acids is 1. The number of carboxylic acid groups (broad SMARTS) is 1. The van der Waals surface area contributed by atoms with Gasteiger partial charge in [-0.05, 0) is 61.4 Å². The fourth-order valence-electron chi connectivity index (χ4n) is 4.24. The van der Waals surface area contributed by atoms with Crippen molar-refractivity contribution in [2.24, 2.45) is 11.8 Å². The lowest BCUT2D eigenvalue weighted by Crippen LogP contribution is -2.46. The lowest BCUT2D eigenvalue weighted by atomic mass is 9.82. The number of nitrogens with one attached hydrogen (secondary N) is 1. The van der Waals surface area contributed by atoms with Crippen LogP contribution < -0.4 is 15.1 Å². The molecular weight excluding hydrogens is 414 g/mol. The number of halogens is 1. The van der Waals surface area contributed by atoms with Gasteiger partial charge >= 0.3 is 5.97 Å². The minimum atomic E-state index is -0.919. The van der Waals surface area contributed by atoms with Crippen LogP contribution in [0.3, 0.4) is 0 Å². The molecule has 4 rings (SSSR count). The van der Waals surface area contributed by atoms with Gasteiger partial charge in [-0.25, -0.2) is 0 Å². The molecule has 2 aromatic carbocycles. The molecule has 0 saturated carbocycles. The molecule has 0 radical (unpaired) electrons. The number of benzene rings is 2. The summed E-state index contributed by atoms with van der Waals surface area (Å²) in [5, 5.41) is 13.0. The third-order valence-corrected chi connectivity index (χ3v) is 6.31. The number of aliphatic carboxylic acids is 1. The summed E-state index contributed by atoms with van der Waals surface area (Å²) in [6.45, 7) is 3.66. The number of anilines is 3. The Morgan fingerprint density at radius 1 is 0.806 bits per heavy atom. The molecule has 2 aliphatic rings. The Kier molecular flexibility index (Phi) is 6.47. The average Bonchev–Trinajstić information content (AvgIpc) is 2.80. The zero-order valence-corrected chi connectivity index (χ0v) is 18.0. The van der Waals surface area contributed by atoms with Crippen molar-refractivity contribution < 1.29 is 14.7 Å². The number of nitrogens with zero attached hydrogens (tertiary/aromatic N) is 2. The van der Waals surface area contributed by atoms with E-state index in [0.717, 1.165) is 36.9 Å². The van der Waals surface area contributed by atoms with Crippen molar-refractivity contribution in [2.75, 3.05) is 41.3 Å². The highest BCUT2D eigenvalue weighted by Crippen LogP contribution is 2.28. The number of rotatable bonds is 5. The topological polar surface area (TPSA) is 72.9 Å². The molecule has 162 valence electrons. The van der Waals surface area contributed by atoms with Gasteiger partial charge in [-0.3, -0.25) is 9.59 Å². The molecule has 1 fully saturated rings. The Labute approximate surface area is 187 Å². The summed E-state index contributed by atoms with van der Waals surface area (Å²) in [7, 11) is 0. The zero-order valence-electron chi connectivity index (χ0n) is 17.2. The molecule has 1 aliphatic heterocycles. The molecular formula is C24H26ClN3O3. The molecule has 0 spiro atoms. The van der Waals surface area contributed by atoms with E-state index >= 15 is 0 Å². The van der Waals surface area contributed by atoms with Crippen LogP contribution in [0.15, 0.2) is 60.7 Å². The Morgan fingerprint density at radius 2 is 1.29 bits per heavy atom. The molecule has 2 atom stereocenters. The molecule has 1 amide bonds. The van der Waals surface area contributed by atoms with Crippen molar-refractivity contribution in [2.45, 2.75) is 12.8 Å². The summed E-state index contributed by atoms with van der Waals surface area (Å²) in [6, 6.07) is 15.7. The summed E-state index contributed by atoms with van der Waals surface area (Å²) in [5.74, 6) is -2.36. The highest BCUT2D eigenvalue weighted by atomic mass is 35.5. The first-order valence-corrected chi connectivity index (χ1v) is 10.9. The van der Waals surface area contributed by atoms with Gasteiger partial charge in [0.15, 0.2) is 0 Å². The summed E-state index contributed by atoms with van der Waals surface area (Å²) >= 11 is 5.98. The molecule has 31 heavy (non-hydrogen) atoms. The molecule has 2 aromatic rings. The second-order valence-electron chi connectivity index (χ2n) is 7.98. The molecule has 2 N–H and O–H groups in total. The van der Waals surface area contributed by atoms with Crippen molar-refractivity contribution in [3.8, 4) is 0 Å². The van der Waals surface area contributed by atoms with Crippen molar-refractivity contribution in [3.63, 3.8) is 0 Å². The van der Waals surface area contributed by atoms with E-state index in [4.69, 9.17) is 11.6 Å².